The summed E-state index contributed by atoms with van der Waals surface area (Å²) in [4.78, 5) is 0. The van der Waals surface area contributed by atoms with Gasteiger partial charge in [-0.25, -0.2) is 17.5 Å². The highest BCUT2D eigenvalue weighted by molar-refractivity contribution is 7.90. The lowest BCUT2D eigenvalue weighted by Gasteiger charge is -2.17. The molecule has 4 nitrogen and oxygen atoms in total. The van der Waals surface area contributed by atoms with Crippen molar-refractivity contribution in [3.05, 3.63) is 0 Å². The van der Waals surface area contributed by atoms with Crippen LogP contribution in [0.25, 0.3) is 0 Å². The first kappa shape index (κ1) is 11.7. The molecule has 0 heterocycles. The van der Waals surface area contributed by atoms with Crippen LogP contribution in [0.1, 0.15) is 0 Å². The summed E-state index contributed by atoms with van der Waals surface area (Å²) >= 11 is 0. The zero-order chi connectivity index (χ0) is 9.99. The average Bonchev–Trinajstić information content (AvgIpc) is 2.03. The first-order valence-electron chi connectivity index (χ1n) is 2.77. The van der Waals surface area contributed by atoms with Crippen molar-refractivity contribution in [3.63, 3.8) is 0 Å². The van der Waals surface area contributed by atoms with Crippen LogP contribution in [0.4, 0.5) is 13.2 Å². The summed E-state index contributed by atoms with van der Waals surface area (Å²) in [6.45, 7) is 0. The Morgan fingerprint density at radius 2 is 1.92 bits per heavy atom. The van der Waals surface area contributed by atoms with Crippen LogP contribution < -0.4 is 4.72 Å². The maximum absolute atomic E-state index is 12.4. The fourth-order valence-corrected chi connectivity index (χ4v) is 1.04. The molecular formula is C4H8F3NO3S. The summed E-state index contributed by atoms with van der Waals surface area (Å²) in [7, 11) is -3.32. The Bertz CT molecular complexity index is 240. The molecule has 1 N–H and O–H groups in total. The summed E-state index contributed by atoms with van der Waals surface area (Å²) in [5.74, 6) is 0. The van der Waals surface area contributed by atoms with E-state index in [9.17, 15) is 21.6 Å². The molecule has 0 fully saturated rings. The molecule has 0 bridgehead atoms. The van der Waals surface area contributed by atoms with Gasteiger partial charge in [-0.3, -0.25) is 0 Å². The van der Waals surface area contributed by atoms with E-state index in [2.05, 4.69) is 4.74 Å². The normalized spacial score (nSPS) is 16.1. The third kappa shape index (κ3) is 2.32. The van der Waals surface area contributed by atoms with E-state index < -0.39 is 21.6 Å². The molecule has 74 valence electrons. The number of methoxy groups -OCH3 is 1. The monoisotopic (exact) mass is 207 g/mol. The predicted octanol–water partition coefficient (Wildman–Crippen LogP) is 0.0704. The van der Waals surface area contributed by atoms with Crippen molar-refractivity contribution in [1.29, 1.82) is 0 Å². The van der Waals surface area contributed by atoms with Gasteiger partial charge >= 0.3 is 11.6 Å². The number of hydrogen-bond donors (Lipinski definition) is 1. The van der Waals surface area contributed by atoms with Crippen molar-refractivity contribution >= 4 is 10.0 Å². The molecule has 0 amide bonds. The molecule has 12 heavy (non-hydrogen) atoms. The molecule has 0 saturated carbocycles. The van der Waals surface area contributed by atoms with Gasteiger partial charge in [0, 0.05) is 7.11 Å². The van der Waals surface area contributed by atoms with Crippen LogP contribution in [0.3, 0.4) is 0 Å². The van der Waals surface area contributed by atoms with Crippen molar-refractivity contribution in [2.45, 2.75) is 11.6 Å². The second kappa shape index (κ2) is 3.58. The van der Waals surface area contributed by atoms with E-state index in [0.29, 0.717) is 7.11 Å². The lowest BCUT2D eigenvalue weighted by molar-refractivity contribution is -0.240. The summed E-state index contributed by atoms with van der Waals surface area (Å²) in [6, 6.07) is 0. The van der Waals surface area contributed by atoms with Crippen LogP contribution in [0, 0.1) is 0 Å². The second-order valence-corrected chi connectivity index (χ2v) is 3.74. The van der Waals surface area contributed by atoms with Gasteiger partial charge in [-0.15, -0.1) is 0 Å². The molecule has 0 rings (SSSR count). The van der Waals surface area contributed by atoms with Crippen LogP contribution >= 0.6 is 0 Å². The van der Waals surface area contributed by atoms with Crippen molar-refractivity contribution in [1.82, 2.24) is 4.72 Å². The Balaban J connectivity index is 4.72. The van der Waals surface area contributed by atoms with E-state index in [1.807, 2.05) is 0 Å². The van der Waals surface area contributed by atoms with Crippen LogP contribution in [0.2, 0.25) is 0 Å². The minimum atomic E-state index is -4.66. The van der Waals surface area contributed by atoms with Gasteiger partial charge in [0.15, 0.2) is 0 Å². The van der Waals surface area contributed by atoms with Crippen molar-refractivity contribution < 1.29 is 26.3 Å². The highest BCUT2D eigenvalue weighted by atomic mass is 32.2. The fraction of sp³-hybridized carbons (Fsp3) is 1.00. The van der Waals surface area contributed by atoms with E-state index in [0.717, 1.165) is 7.05 Å². The standard InChI is InChI=1S/C4H8F3NO3S/c1-8-12(9,10)3(5)4(6,7)11-2/h3,8H,1-2H3. The van der Waals surface area contributed by atoms with E-state index in [1.165, 1.54) is 4.72 Å². The summed E-state index contributed by atoms with van der Waals surface area (Å²) in [6.07, 6.45) is -4.33. The minimum Gasteiger partial charge on any atom is -0.321 e. The summed E-state index contributed by atoms with van der Waals surface area (Å²) in [5, 5.41) is 0. The van der Waals surface area contributed by atoms with E-state index in [4.69, 9.17) is 0 Å². The first-order valence-corrected chi connectivity index (χ1v) is 4.32. The van der Waals surface area contributed by atoms with Crippen molar-refractivity contribution in [3.8, 4) is 0 Å². The van der Waals surface area contributed by atoms with E-state index in [-0.39, 0.29) is 0 Å². The van der Waals surface area contributed by atoms with Crippen molar-refractivity contribution in [2.75, 3.05) is 14.2 Å². The third-order valence-corrected chi connectivity index (χ3v) is 2.48. The van der Waals surface area contributed by atoms with Crippen molar-refractivity contribution in [2.24, 2.45) is 0 Å². The average molecular weight is 207 g/mol. The fourth-order valence-electron chi connectivity index (χ4n) is 0.377. The van der Waals surface area contributed by atoms with Gasteiger partial charge in [0.1, 0.15) is 0 Å². The molecule has 1 unspecified atom stereocenters. The molecule has 1 atom stereocenters. The molecule has 0 aliphatic carbocycles. The Labute approximate surface area is 67.8 Å². The number of alkyl halides is 3. The van der Waals surface area contributed by atoms with Gasteiger partial charge in [-0.2, -0.15) is 8.78 Å². The minimum absolute atomic E-state index is 0.512. The number of ether oxygens (including phenoxy) is 1. The Kier molecular flexibility index (Phi) is 3.48. The second-order valence-electron chi connectivity index (χ2n) is 1.83. The molecule has 8 heteroatoms. The summed E-state index contributed by atoms with van der Waals surface area (Å²) < 4.78 is 62.6. The Morgan fingerprint density at radius 3 is 2.17 bits per heavy atom. The number of hydrogen-bond acceptors (Lipinski definition) is 3. The molecule has 0 aliphatic rings. The molecular weight excluding hydrogens is 199 g/mol. The molecule has 0 saturated heterocycles. The van der Waals surface area contributed by atoms with Crippen LogP contribution in [-0.4, -0.2) is 34.2 Å². The van der Waals surface area contributed by atoms with Gasteiger partial charge in [0.05, 0.1) is 0 Å². The third-order valence-electron chi connectivity index (χ3n) is 1.09. The SMILES string of the molecule is CNS(=O)(=O)C(F)C(F)(F)OC. The highest BCUT2D eigenvalue weighted by Gasteiger charge is 2.49. The molecule has 0 aromatic carbocycles. The quantitative estimate of drug-likeness (QED) is 0.709. The number of sulfonamides is 1. The smallest absolute Gasteiger partial charge is 0.321 e. The zero-order valence-corrected chi connectivity index (χ0v) is 7.16. The van der Waals surface area contributed by atoms with Gasteiger partial charge in [-0.05, 0) is 7.05 Å². The lowest BCUT2D eigenvalue weighted by atomic mass is 10.7. The number of halogens is 3. The maximum Gasteiger partial charge on any atom is 0.402 e. The lowest BCUT2D eigenvalue weighted by Crippen LogP contribution is -2.42. The molecule has 0 aliphatic heterocycles. The molecule has 0 aromatic rings. The van der Waals surface area contributed by atoms with Gasteiger partial charge < -0.3 is 4.74 Å². The van der Waals surface area contributed by atoms with Gasteiger partial charge in [0.2, 0.25) is 0 Å². The number of rotatable bonds is 4. The van der Waals surface area contributed by atoms with E-state index in [1.54, 1.807) is 0 Å². The highest BCUT2D eigenvalue weighted by Crippen LogP contribution is 2.25. The number of nitrogens with one attached hydrogen (secondary N) is 1. The van der Waals surface area contributed by atoms with Gasteiger partial charge in [0.25, 0.3) is 10.0 Å². The Morgan fingerprint density at radius 1 is 1.50 bits per heavy atom. The molecule has 0 aromatic heterocycles. The topological polar surface area (TPSA) is 55.4 Å². The maximum atomic E-state index is 12.4. The van der Waals surface area contributed by atoms with Gasteiger partial charge in [-0.1, -0.05) is 0 Å². The summed E-state index contributed by atoms with van der Waals surface area (Å²) in [5.41, 5.74) is -3.40. The van der Waals surface area contributed by atoms with Crippen LogP contribution in [-0.2, 0) is 14.8 Å². The first-order chi connectivity index (χ1) is 5.28. The molecule has 0 radical (unpaired) electrons. The largest absolute Gasteiger partial charge is 0.402 e. The van der Waals surface area contributed by atoms with Crippen LogP contribution in [0.15, 0.2) is 0 Å². The zero-order valence-electron chi connectivity index (χ0n) is 6.34. The molecule has 0 spiro atoms. The van der Waals surface area contributed by atoms with E-state index >= 15 is 0 Å². The Hall–Kier alpha value is -0.340. The predicted molar refractivity (Wildman–Crippen MR) is 34.8 cm³/mol. The van der Waals surface area contributed by atoms with Crippen LogP contribution in [0.5, 0.6) is 0 Å².